The van der Waals surface area contributed by atoms with Gasteiger partial charge in [0.2, 0.25) is 0 Å². The van der Waals surface area contributed by atoms with E-state index in [2.05, 4.69) is 25.8 Å². The fourth-order valence-corrected chi connectivity index (χ4v) is 5.40. The highest BCUT2D eigenvalue weighted by molar-refractivity contribution is 7.99. The molecule has 0 saturated heterocycles. The van der Waals surface area contributed by atoms with Crippen molar-refractivity contribution in [2.75, 3.05) is 5.75 Å². The number of benzene rings is 2. The lowest BCUT2D eigenvalue weighted by molar-refractivity contribution is 0.288. The Morgan fingerprint density at radius 3 is 2.76 bits per heavy atom. The molecule has 0 unspecified atom stereocenters. The number of hydrogen-bond acceptors (Lipinski definition) is 8. The highest BCUT2D eigenvalue weighted by Gasteiger charge is 2.30. The highest BCUT2D eigenvalue weighted by Crippen LogP contribution is 2.39. The number of para-hydroxylation sites is 2. The van der Waals surface area contributed by atoms with Crippen LogP contribution in [0, 0.1) is 11.3 Å². The summed E-state index contributed by atoms with van der Waals surface area (Å²) in [7, 11) is 0. The molecule has 0 spiro atoms. The van der Waals surface area contributed by atoms with Gasteiger partial charge in [-0.1, -0.05) is 47.6 Å². The Hall–Kier alpha value is -3.06. The zero-order valence-corrected chi connectivity index (χ0v) is 19.7. The van der Waals surface area contributed by atoms with Gasteiger partial charge in [0.15, 0.2) is 11.0 Å². The van der Waals surface area contributed by atoms with Crippen molar-refractivity contribution >= 4 is 50.5 Å². The molecule has 7 nitrogen and oxygen atoms in total. The van der Waals surface area contributed by atoms with Crippen molar-refractivity contribution in [1.82, 2.24) is 19.7 Å². The lowest BCUT2D eigenvalue weighted by atomic mass is 10.2. The largest absolute Gasteiger partial charge is 0.510 e. The SMILES string of the molecule is N#C/C(=C(/O)CSc1nnc(COc2ccccc2Cl)n1C1CC1)c1nc2ccccc2s1. The maximum atomic E-state index is 10.7. The quantitative estimate of drug-likeness (QED) is 0.181. The molecule has 1 fully saturated rings. The van der Waals surface area contributed by atoms with E-state index in [-0.39, 0.29) is 23.7 Å². The molecule has 0 bridgehead atoms. The Labute approximate surface area is 203 Å². The number of allylic oxidation sites excluding steroid dienone is 1. The number of aliphatic hydroxyl groups excluding tert-OH is 1. The number of rotatable bonds is 8. The molecule has 2 aromatic carbocycles. The molecule has 1 saturated carbocycles. The van der Waals surface area contributed by atoms with E-state index in [9.17, 15) is 10.4 Å². The second kappa shape index (κ2) is 9.43. The molecule has 1 N–H and O–H groups in total. The topological polar surface area (TPSA) is 96.9 Å². The number of fused-ring (bicyclic) bond motifs is 1. The van der Waals surface area contributed by atoms with Gasteiger partial charge in [0, 0.05) is 6.04 Å². The van der Waals surface area contributed by atoms with E-state index >= 15 is 0 Å². The van der Waals surface area contributed by atoms with Crippen LogP contribution in [0.5, 0.6) is 5.75 Å². The first kappa shape index (κ1) is 21.8. The summed E-state index contributed by atoms with van der Waals surface area (Å²) in [6.07, 6.45) is 2.09. The number of nitrogens with zero attached hydrogens (tertiary/aromatic N) is 5. The fraction of sp³-hybridized carbons (Fsp3) is 0.217. The van der Waals surface area contributed by atoms with Crippen molar-refractivity contribution in [2.24, 2.45) is 0 Å². The van der Waals surface area contributed by atoms with E-state index in [4.69, 9.17) is 16.3 Å². The van der Waals surface area contributed by atoms with Crippen molar-refractivity contribution < 1.29 is 9.84 Å². The molecule has 2 heterocycles. The number of aromatic nitrogens is 4. The maximum Gasteiger partial charge on any atom is 0.192 e. The molecule has 5 rings (SSSR count). The van der Waals surface area contributed by atoms with Crippen LogP contribution in [-0.2, 0) is 6.61 Å². The summed E-state index contributed by atoms with van der Waals surface area (Å²) in [4.78, 5) is 4.49. The van der Waals surface area contributed by atoms with E-state index in [0.29, 0.717) is 32.8 Å². The molecule has 166 valence electrons. The Kier molecular flexibility index (Phi) is 6.22. The van der Waals surface area contributed by atoms with Gasteiger partial charge in [0.1, 0.15) is 34.8 Å². The van der Waals surface area contributed by atoms with Crippen LogP contribution >= 0.6 is 34.7 Å². The fourth-order valence-electron chi connectivity index (χ4n) is 3.33. The Morgan fingerprint density at radius 2 is 2.00 bits per heavy atom. The second-order valence-corrected chi connectivity index (χ2v) is 9.81. The number of nitriles is 1. The zero-order chi connectivity index (χ0) is 22.8. The lowest BCUT2D eigenvalue weighted by Gasteiger charge is -2.10. The van der Waals surface area contributed by atoms with Gasteiger partial charge in [-0.2, -0.15) is 5.26 Å². The number of hydrogen-bond donors (Lipinski definition) is 1. The van der Waals surface area contributed by atoms with E-state index < -0.39 is 0 Å². The van der Waals surface area contributed by atoms with Crippen LogP contribution in [0.3, 0.4) is 0 Å². The third-order valence-electron chi connectivity index (χ3n) is 5.09. The van der Waals surface area contributed by atoms with Gasteiger partial charge in [-0.15, -0.1) is 21.5 Å². The van der Waals surface area contributed by atoms with Crippen LogP contribution in [0.25, 0.3) is 15.8 Å². The molecule has 0 amide bonds. The lowest BCUT2D eigenvalue weighted by Crippen LogP contribution is -2.07. The van der Waals surface area contributed by atoms with Gasteiger partial charge in [-0.25, -0.2) is 4.98 Å². The smallest absolute Gasteiger partial charge is 0.192 e. The molecule has 10 heteroatoms. The summed E-state index contributed by atoms with van der Waals surface area (Å²) < 4.78 is 8.87. The molecular weight excluding hydrogens is 478 g/mol. The molecule has 2 aromatic heterocycles. The van der Waals surface area contributed by atoms with Crippen molar-refractivity contribution in [3.8, 4) is 11.8 Å². The van der Waals surface area contributed by atoms with Crippen molar-refractivity contribution in [2.45, 2.75) is 30.6 Å². The van der Waals surface area contributed by atoms with Crippen LogP contribution in [0.2, 0.25) is 5.02 Å². The number of ether oxygens (including phenoxy) is 1. The second-order valence-electron chi connectivity index (χ2n) is 7.43. The summed E-state index contributed by atoms with van der Waals surface area (Å²) in [6.45, 7) is 0.241. The summed E-state index contributed by atoms with van der Waals surface area (Å²) in [5.74, 6) is 1.46. The highest BCUT2D eigenvalue weighted by atomic mass is 35.5. The van der Waals surface area contributed by atoms with Gasteiger partial charge in [0.25, 0.3) is 0 Å². The molecule has 1 aliphatic rings. The predicted octanol–water partition coefficient (Wildman–Crippen LogP) is 6.04. The van der Waals surface area contributed by atoms with Gasteiger partial charge >= 0.3 is 0 Å². The first-order valence-electron chi connectivity index (χ1n) is 10.3. The zero-order valence-electron chi connectivity index (χ0n) is 17.3. The molecule has 1 aliphatic carbocycles. The maximum absolute atomic E-state index is 10.7. The molecule has 33 heavy (non-hydrogen) atoms. The van der Waals surface area contributed by atoms with Gasteiger partial charge in [-0.3, -0.25) is 4.57 Å². The minimum Gasteiger partial charge on any atom is -0.510 e. The third-order valence-corrected chi connectivity index (χ3v) is 7.41. The van der Waals surface area contributed by atoms with Crippen molar-refractivity contribution in [1.29, 1.82) is 5.26 Å². The average Bonchev–Trinajstić information content (AvgIpc) is 3.44. The normalized spacial score (nSPS) is 14.2. The molecule has 0 atom stereocenters. The van der Waals surface area contributed by atoms with Gasteiger partial charge in [-0.05, 0) is 37.1 Å². The van der Waals surface area contributed by atoms with Crippen LogP contribution < -0.4 is 4.74 Å². The van der Waals surface area contributed by atoms with E-state index in [1.54, 1.807) is 6.07 Å². The Morgan fingerprint density at radius 1 is 1.21 bits per heavy atom. The Bertz CT molecular complexity index is 1350. The van der Waals surface area contributed by atoms with E-state index in [1.165, 1.54) is 23.1 Å². The standard InChI is InChI=1S/C23H18ClN5O2S2/c24-16-5-1-3-7-19(16)31-12-21-27-28-23(29(21)14-9-10-14)32-13-18(30)15(11-25)22-26-17-6-2-4-8-20(17)33-22/h1-8,14,30H,9-10,12-13H2/b18-15-. The molecule has 0 radical (unpaired) electrons. The summed E-state index contributed by atoms with van der Waals surface area (Å²) in [5.41, 5.74) is 0.991. The van der Waals surface area contributed by atoms with Crippen LogP contribution in [-0.4, -0.2) is 30.6 Å². The van der Waals surface area contributed by atoms with Crippen molar-refractivity contribution in [3.63, 3.8) is 0 Å². The minimum atomic E-state index is -0.0271. The van der Waals surface area contributed by atoms with Gasteiger partial charge in [0.05, 0.1) is 21.0 Å². The molecular formula is C23H18ClN5O2S2. The van der Waals surface area contributed by atoms with Crippen molar-refractivity contribution in [3.05, 3.63) is 70.1 Å². The number of aliphatic hydroxyl groups is 1. The van der Waals surface area contributed by atoms with Crippen LogP contribution in [0.15, 0.2) is 59.4 Å². The van der Waals surface area contributed by atoms with Gasteiger partial charge < -0.3 is 9.84 Å². The molecule has 0 aliphatic heterocycles. The van der Waals surface area contributed by atoms with E-state index in [0.717, 1.165) is 23.1 Å². The first-order valence-corrected chi connectivity index (χ1v) is 12.4. The summed E-state index contributed by atoms with van der Waals surface area (Å²) in [5, 5.41) is 30.7. The molecule has 4 aromatic rings. The minimum absolute atomic E-state index is 0.0271. The van der Waals surface area contributed by atoms with Crippen LogP contribution in [0.1, 0.15) is 29.7 Å². The number of halogens is 1. The third kappa shape index (κ3) is 4.69. The Balaban J connectivity index is 1.33. The monoisotopic (exact) mass is 495 g/mol. The summed E-state index contributed by atoms with van der Waals surface area (Å²) >= 11 is 8.91. The first-order chi connectivity index (χ1) is 16.1. The van der Waals surface area contributed by atoms with Crippen LogP contribution in [0.4, 0.5) is 0 Å². The predicted molar refractivity (Wildman–Crippen MR) is 130 cm³/mol. The average molecular weight is 496 g/mol. The number of thioether (sulfide) groups is 1. The van der Waals surface area contributed by atoms with E-state index in [1.807, 2.05) is 42.5 Å². The number of thiazole rings is 1. The summed E-state index contributed by atoms with van der Waals surface area (Å²) in [6, 6.07) is 17.4.